The van der Waals surface area contributed by atoms with Crippen LogP contribution in [0.25, 0.3) is 0 Å². The summed E-state index contributed by atoms with van der Waals surface area (Å²) < 4.78 is 29.2. The molecule has 1 aromatic rings. The lowest BCUT2D eigenvalue weighted by molar-refractivity contribution is 0.183. The van der Waals surface area contributed by atoms with Gasteiger partial charge in [-0.25, -0.2) is 8.78 Å². The summed E-state index contributed by atoms with van der Waals surface area (Å²) >= 11 is 5.44. The van der Waals surface area contributed by atoms with Crippen LogP contribution in [-0.2, 0) is 0 Å². The smallest absolute Gasteiger partial charge is 0.228 e. The number of halogens is 3. The van der Waals surface area contributed by atoms with Gasteiger partial charge in [0.1, 0.15) is 0 Å². The molecule has 0 radical (unpaired) electrons. The van der Waals surface area contributed by atoms with Crippen LogP contribution in [-0.4, -0.2) is 6.86 Å². The van der Waals surface area contributed by atoms with Gasteiger partial charge in [0.05, 0.1) is 5.02 Å². The number of aryl methyl sites for hydroxylation is 1. The summed E-state index contributed by atoms with van der Waals surface area (Å²) in [6.45, 7) is 0.558. The third-order valence-corrected chi connectivity index (χ3v) is 1.74. The predicted octanol–water partition coefficient (Wildman–Crippen LogP) is 3.09. The van der Waals surface area contributed by atoms with Crippen molar-refractivity contribution in [3.63, 3.8) is 0 Å². The maximum Gasteiger partial charge on any atom is 0.228 e. The van der Waals surface area contributed by atoms with Gasteiger partial charge in [0.15, 0.2) is 11.6 Å². The van der Waals surface area contributed by atoms with E-state index in [0.717, 1.165) is 0 Å². The standard InChI is InChI=1S/C8H7ClF2O/c1-5-2-3-6(9)7(11)8(5)12-4-10/h2-3H,4H2,1H3. The van der Waals surface area contributed by atoms with Crippen LogP contribution >= 0.6 is 11.6 Å². The Morgan fingerprint density at radius 3 is 2.75 bits per heavy atom. The molecular formula is C8H7ClF2O. The molecule has 66 valence electrons. The fourth-order valence-electron chi connectivity index (χ4n) is 0.860. The molecule has 1 nitrogen and oxygen atoms in total. The van der Waals surface area contributed by atoms with Gasteiger partial charge in [-0.2, -0.15) is 0 Å². The van der Waals surface area contributed by atoms with Crippen LogP contribution in [0.1, 0.15) is 5.56 Å². The summed E-state index contributed by atoms with van der Waals surface area (Å²) in [7, 11) is 0. The summed E-state index contributed by atoms with van der Waals surface area (Å²) in [5, 5.41) is -0.0657. The first-order valence-electron chi connectivity index (χ1n) is 3.30. The van der Waals surface area contributed by atoms with E-state index < -0.39 is 12.7 Å². The van der Waals surface area contributed by atoms with E-state index in [0.29, 0.717) is 5.56 Å². The Morgan fingerprint density at radius 1 is 1.50 bits per heavy atom. The third kappa shape index (κ3) is 1.67. The first-order chi connectivity index (χ1) is 5.66. The molecule has 0 heterocycles. The van der Waals surface area contributed by atoms with Crippen molar-refractivity contribution in [2.75, 3.05) is 6.86 Å². The second-order valence-electron chi connectivity index (χ2n) is 2.26. The van der Waals surface area contributed by atoms with Gasteiger partial charge in [0.25, 0.3) is 0 Å². The van der Waals surface area contributed by atoms with Gasteiger partial charge in [0.2, 0.25) is 6.86 Å². The Bertz CT molecular complexity index is 289. The number of ether oxygens (including phenoxy) is 1. The van der Waals surface area contributed by atoms with Crippen molar-refractivity contribution >= 4 is 11.6 Å². The molecule has 0 N–H and O–H groups in total. The number of hydrogen-bond acceptors (Lipinski definition) is 1. The average Bonchev–Trinajstić information content (AvgIpc) is 2.06. The maximum absolute atomic E-state index is 13.0. The molecule has 0 aliphatic carbocycles. The first-order valence-corrected chi connectivity index (χ1v) is 3.68. The number of rotatable bonds is 2. The maximum atomic E-state index is 13.0. The van der Waals surface area contributed by atoms with E-state index in [4.69, 9.17) is 11.6 Å². The van der Waals surface area contributed by atoms with Crippen LogP contribution in [0.5, 0.6) is 5.75 Å². The molecule has 0 amide bonds. The van der Waals surface area contributed by atoms with Crippen LogP contribution in [0, 0.1) is 12.7 Å². The molecular weight excluding hydrogens is 186 g/mol. The summed E-state index contributed by atoms with van der Waals surface area (Å²) in [6, 6.07) is 2.97. The zero-order valence-electron chi connectivity index (χ0n) is 6.40. The number of alkyl halides is 1. The molecule has 0 aliphatic rings. The summed E-state index contributed by atoms with van der Waals surface area (Å²) in [6.07, 6.45) is 0. The lowest BCUT2D eigenvalue weighted by Gasteiger charge is -2.06. The molecule has 1 aromatic carbocycles. The highest BCUT2D eigenvalue weighted by Crippen LogP contribution is 2.28. The molecule has 12 heavy (non-hydrogen) atoms. The molecule has 0 aliphatic heterocycles. The highest BCUT2D eigenvalue weighted by Gasteiger charge is 2.10. The van der Waals surface area contributed by atoms with E-state index in [1.54, 1.807) is 13.0 Å². The quantitative estimate of drug-likeness (QED) is 0.700. The molecule has 0 bridgehead atoms. The van der Waals surface area contributed by atoms with Crippen molar-refractivity contribution in [3.05, 3.63) is 28.5 Å². The van der Waals surface area contributed by atoms with Gasteiger partial charge in [0, 0.05) is 0 Å². The van der Waals surface area contributed by atoms with E-state index in [2.05, 4.69) is 4.74 Å². The minimum atomic E-state index is -1.06. The molecule has 0 unspecified atom stereocenters. The lowest BCUT2D eigenvalue weighted by Crippen LogP contribution is -1.96. The molecule has 1 rings (SSSR count). The van der Waals surface area contributed by atoms with E-state index in [9.17, 15) is 8.78 Å². The van der Waals surface area contributed by atoms with Crippen LogP contribution in [0.15, 0.2) is 12.1 Å². The topological polar surface area (TPSA) is 9.23 Å². The highest BCUT2D eigenvalue weighted by molar-refractivity contribution is 6.30. The van der Waals surface area contributed by atoms with Crippen LogP contribution in [0.2, 0.25) is 5.02 Å². The van der Waals surface area contributed by atoms with E-state index >= 15 is 0 Å². The molecule has 0 saturated carbocycles. The minimum absolute atomic E-state index is 0.0657. The SMILES string of the molecule is Cc1ccc(Cl)c(F)c1OCF. The fraction of sp³-hybridized carbons (Fsp3) is 0.250. The molecule has 0 aromatic heterocycles. The van der Waals surface area contributed by atoms with Gasteiger partial charge in [-0.05, 0) is 18.6 Å². The second-order valence-corrected chi connectivity index (χ2v) is 2.67. The van der Waals surface area contributed by atoms with Crippen molar-refractivity contribution < 1.29 is 13.5 Å². The minimum Gasteiger partial charge on any atom is -0.460 e. The molecule has 0 saturated heterocycles. The van der Waals surface area contributed by atoms with E-state index in [1.807, 2.05) is 0 Å². The average molecular weight is 193 g/mol. The lowest BCUT2D eigenvalue weighted by atomic mass is 10.2. The van der Waals surface area contributed by atoms with Gasteiger partial charge >= 0.3 is 0 Å². The zero-order chi connectivity index (χ0) is 9.14. The summed E-state index contributed by atoms with van der Waals surface area (Å²) in [5.41, 5.74) is 0.523. The molecule has 4 heteroatoms. The van der Waals surface area contributed by atoms with Gasteiger partial charge in [-0.1, -0.05) is 17.7 Å². The molecule has 0 fully saturated rings. The third-order valence-electron chi connectivity index (χ3n) is 1.45. The Hall–Kier alpha value is -0.830. The largest absolute Gasteiger partial charge is 0.460 e. The second kappa shape index (κ2) is 3.72. The number of benzene rings is 1. The van der Waals surface area contributed by atoms with Crippen molar-refractivity contribution in [1.82, 2.24) is 0 Å². The Balaban J connectivity index is 3.14. The van der Waals surface area contributed by atoms with Crippen LogP contribution < -0.4 is 4.74 Å². The molecule has 0 spiro atoms. The molecule has 0 atom stereocenters. The van der Waals surface area contributed by atoms with E-state index in [-0.39, 0.29) is 10.8 Å². The monoisotopic (exact) mass is 192 g/mol. The Morgan fingerprint density at radius 2 is 2.17 bits per heavy atom. The Labute approximate surface area is 73.9 Å². The van der Waals surface area contributed by atoms with Gasteiger partial charge in [-0.3, -0.25) is 0 Å². The highest BCUT2D eigenvalue weighted by atomic mass is 35.5. The fourth-order valence-corrected chi connectivity index (χ4v) is 1.01. The first kappa shape index (κ1) is 9.26. The van der Waals surface area contributed by atoms with Gasteiger partial charge < -0.3 is 4.74 Å². The van der Waals surface area contributed by atoms with E-state index in [1.165, 1.54) is 6.07 Å². The Kier molecular flexibility index (Phi) is 2.87. The number of hydrogen-bond donors (Lipinski definition) is 0. The van der Waals surface area contributed by atoms with Crippen molar-refractivity contribution in [3.8, 4) is 5.75 Å². The van der Waals surface area contributed by atoms with Crippen molar-refractivity contribution in [1.29, 1.82) is 0 Å². The summed E-state index contributed by atoms with van der Waals surface area (Å²) in [5.74, 6) is -0.834. The van der Waals surface area contributed by atoms with Crippen LogP contribution in [0.4, 0.5) is 8.78 Å². The predicted molar refractivity (Wildman–Crippen MR) is 42.8 cm³/mol. The van der Waals surface area contributed by atoms with Gasteiger partial charge in [-0.15, -0.1) is 0 Å². The normalized spacial score (nSPS) is 10.0. The summed E-state index contributed by atoms with van der Waals surface area (Å²) in [4.78, 5) is 0. The van der Waals surface area contributed by atoms with Crippen molar-refractivity contribution in [2.45, 2.75) is 6.92 Å². The van der Waals surface area contributed by atoms with Crippen molar-refractivity contribution in [2.24, 2.45) is 0 Å². The van der Waals surface area contributed by atoms with Crippen LogP contribution in [0.3, 0.4) is 0 Å². The zero-order valence-corrected chi connectivity index (χ0v) is 7.16.